The van der Waals surface area contributed by atoms with Gasteiger partial charge in [-0.25, -0.2) is 8.78 Å². The topological polar surface area (TPSA) is 29.3 Å². The Kier molecular flexibility index (Phi) is 3.92. The van der Waals surface area contributed by atoms with E-state index >= 15 is 0 Å². The Morgan fingerprint density at radius 1 is 1.18 bits per heavy atom. The lowest BCUT2D eigenvalue weighted by Gasteiger charge is -2.22. The lowest BCUT2D eigenvalue weighted by atomic mass is 10.1. The maximum Gasteiger partial charge on any atom is 0.405 e. The van der Waals surface area contributed by atoms with Crippen molar-refractivity contribution in [3.05, 3.63) is 29.3 Å². The number of nitrogens with zero attached hydrogens (tertiary/aromatic N) is 1. The van der Waals surface area contributed by atoms with Gasteiger partial charge in [-0.05, 0) is 17.7 Å². The zero-order valence-electron chi connectivity index (χ0n) is 8.98. The Hall–Kier alpha value is -1.37. The molecule has 17 heavy (non-hydrogen) atoms. The van der Waals surface area contributed by atoms with Gasteiger partial charge in [0.25, 0.3) is 0 Å². The highest BCUT2D eigenvalue weighted by Gasteiger charge is 2.31. The highest BCUT2D eigenvalue weighted by molar-refractivity contribution is 5.50. The quantitative estimate of drug-likeness (QED) is 0.839. The average Bonchev–Trinajstić information content (AvgIpc) is 2.13. The lowest BCUT2D eigenvalue weighted by Crippen LogP contribution is -2.32. The summed E-state index contributed by atoms with van der Waals surface area (Å²) < 4.78 is 63.1. The first kappa shape index (κ1) is 13.7. The number of nitrogens with two attached hydrogens (primary N) is 1. The summed E-state index contributed by atoms with van der Waals surface area (Å²) >= 11 is 0. The van der Waals surface area contributed by atoms with Gasteiger partial charge >= 0.3 is 6.18 Å². The normalized spacial score (nSPS) is 11.7. The Labute approximate surface area is 94.8 Å². The first-order valence-corrected chi connectivity index (χ1v) is 4.70. The molecule has 96 valence electrons. The Bertz CT molecular complexity index is 379. The summed E-state index contributed by atoms with van der Waals surface area (Å²) in [5.74, 6) is -2.12. The maximum absolute atomic E-state index is 13.4. The van der Waals surface area contributed by atoms with Gasteiger partial charge in [0.1, 0.15) is 23.9 Å². The number of hydrogen-bond donors (Lipinski definition) is 1. The first-order valence-electron chi connectivity index (χ1n) is 4.70. The predicted octanol–water partition coefficient (Wildman–Crippen LogP) is 2.42. The monoisotopic (exact) mass is 254 g/mol. The van der Waals surface area contributed by atoms with E-state index in [9.17, 15) is 22.0 Å². The van der Waals surface area contributed by atoms with Crippen molar-refractivity contribution in [3.63, 3.8) is 0 Å². The summed E-state index contributed by atoms with van der Waals surface area (Å²) in [4.78, 5) is 0.477. The summed E-state index contributed by atoms with van der Waals surface area (Å²) in [7, 11) is 0.969. The standard InChI is InChI=1S/C10H11F5N2/c1-17(5-10(13,14)15)9-7(11)2-6(4-16)3-8(9)12/h2-3H,4-5,16H2,1H3. The number of benzene rings is 1. The van der Waals surface area contributed by atoms with Crippen molar-refractivity contribution in [2.75, 3.05) is 18.5 Å². The Morgan fingerprint density at radius 3 is 2.00 bits per heavy atom. The molecule has 2 nitrogen and oxygen atoms in total. The molecule has 0 heterocycles. The van der Waals surface area contributed by atoms with E-state index in [0.717, 1.165) is 19.2 Å². The zero-order chi connectivity index (χ0) is 13.2. The molecule has 0 aliphatic heterocycles. The maximum atomic E-state index is 13.4. The van der Waals surface area contributed by atoms with Crippen LogP contribution in [0.4, 0.5) is 27.6 Å². The third-order valence-corrected chi connectivity index (χ3v) is 2.11. The molecule has 1 rings (SSSR count). The van der Waals surface area contributed by atoms with Crippen LogP contribution in [0.1, 0.15) is 5.56 Å². The van der Waals surface area contributed by atoms with Gasteiger partial charge in [0.2, 0.25) is 0 Å². The van der Waals surface area contributed by atoms with Gasteiger partial charge in [-0.15, -0.1) is 0 Å². The van der Waals surface area contributed by atoms with Gasteiger partial charge in [0.15, 0.2) is 0 Å². The van der Waals surface area contributed by atoms with E-state index in [2.05, 4.69) is 0 Å². The molecule has 1 aromatic rings. The van der Waals surface area contributed by atoms with Gasteiger partial charge in [0.05, 0.1) is 0 Å². The van der Waals surface area contributed by atoms with Crippen LogP contribution in [0.2, 0.25) is 0 Å². The number of hydrogen-bond acceptors (Lipinski definition) is 2. The van der Waals surface area contributed by atoms with Crippen LogP contribution in [0.15, 0.2) is 12.1 Å². The summed E-state index contributed by atoms with van der Waals surface area (Å²) in [6.45, 7) is -1.51. The smallest absolute Gasteiger partial charge is 0.361 e. The molecule has 0 aliphatic rings. The van der Waals surface area contributed by atoms with E-state index in [-0.39, 0.29) is 12.1 Å². The second kappa shape index (κ2) is 4.87. The van der Waals surface area contributed by atoms with Crippen LogP contribution >= 0.6 is 0 Å². The number of alkyl halides is 3. The number of rotatable bonds is 3. The molecule has 0 radical (unpaired) electrons. The van der Waals surface area contributed by atoms with Gasteiger partial charge in [-0.2, -0.15) is 13.2 Å². The molecule has 0 saturated carbocycles. The second-order valence-corrected chi connectivity index (χ2v) is 3.58. The van der Waals surface area contributed by atoms with Crippen LogP contribution in [-0.2, 0) is 6.54 Å². The summed E-state index contributed by atoms with van der Waals surface area (Å²) in [6, 6.07) is 1.84. The van der Waals surface area contributed by atoms with Crippen LogP contribution in [0.25, 0.3) is 0 Å². The molecule has 1 aromatic carbocycles. The minimum atomic E-state index is -4.53. The molecule has 0 amide bonds. The van der Waals surface area contributed by atoms with Crippen molar-refractivity contribution in [1.82, 2.24) is 0 Å². The van der Waals surface area contributed by atoms with E-state index < -0.39 is 30.0 Å². The largest absolute Gasteiger partial charge is 0.405 e. The molecule has 0 atom stereocenters. The van der Waals surface area contributed by atoms with E-state index in [1.807, 2.05) is 0 Å². The van der Waals surface area contributed by atoms with Crippen LogP contribution in [-0.4, -0.2) is 19.8 Å². The fourth-order valence-electron chi connectivity index (χ4n) is 1.45. The van der Waals surface area contributed by atoms with Gasteiger partial charge in [-0.3, -0.25) is 0 Å². The average molecular weight is 254 g/mol. The second-order valence-electron chi connectivity index (χ2n) is 3.58. The van der Waals surface area contributed by atoms with Crippen molar-refractivity contribution in [1.29, 1.82) is 0 Å². The number of halogens is 5. The zero-order valence-corrected chi connectivity index (χ0v) is 8.98. The molecule has 0 aliphatic carbocycles. The van der Waals surface area contributed by atoms with Gasteiger partial charge < -0.3 is 10.6 Å². The highest BCUT2D eigenvalue weighted by atomic mass is 19.4. The minimum absolute atomic E-state index is 0.0862. The predicted molar refractivity (Wildman–Crippen MR) is 53.6 cm³/mol. The first-order chi connectivity index (χ1) is 7.74. The third kappa shape index (κ3) is 3.55. The molecule has 0 bridgehead atoms. The van der Waals surface area contributed by atoms with E-state index in [1.54, 1.807) is 0 Å². The van der Waals surface area contributed by atoms with Crippen molar-refractivity contribution in [2.24, 2.45) is 5.73 Å². The van der Waals surface area contributed by atoms with E-state index in [0.29, 0.717) is 4.90 Å². The molecular weight excluding hydrogens is 243 g/mol. The molecule has 7 heteroatoms. The lowest BCUT2D eigenvalue weighted by molar-refractivity contribution is -0.119. The fourth-order valence-corrected chi connectivity index (χ4v) is 1.45. The van der Waals surface area contributed by atoms with Crippen molar-refractivity contribution < 1.29 is 22.0 Å². The van der Waals surface area contributed by atoms with Crippen LogP contribution in [0, 0.1) is 11.6 Å². The molecule has 0 unspecified atom stereocenters. The molecule has 0 saturated heterocycles. The van der Waals surface area contributed by atoms with Crippen molar-refractivity contribution in [3.8, 4) is 0 Å². The van der Waals surface area contributed by atoms with Crippen LogP contribution in [0.3, 0.4) is 0 Å². The molecule has 0 aromatic heterocycles. The summed E-state index contributed by atoms with van der Waals surface area (Å²) in [5.41, 5.74) is 4.66. The van der Waals surface area contributed by atoms with Crippen LogP contribution in [0.5, 0.6) is 0 Å². The number of anilines is 1. The van der Waals surface area contributed by atoms with Crippen LogP contribution < -0.4 is 10.6 Å². The Balaban J connectivity index is 3.06. The molecule has 2 N–H and O–H groups in total. The van der Waals surface area contributed by atoms with Crippen molar-refractivity contribution in [2.45, 2.75) is 12.7 Å². The third-order valence-electron chi connectivity index (χ3n) is 2.11. The molecule has 0 fully saturated rings. The van der Waals surface area contributed by atoms with E-state index in [1.165, 1.54) is 0 Å². The van der Waals surface area contributed by atoms with Gasteiger partial charge in [0, 0.05) is 13.6 Å². The summed E-state index contributed by atoms with van der Waals surface area (Å²) in [5, 5.41) is 0. The van der Waals surface area contributed by atoms with Gasteiger partial charge in [-0.1, -0.05) is 0 Å². The highest BCUT2D eigenvalue weighted by Crippen LogP contribution is 2.27. The van der Waals surface area contributed by atoms with E-state index in [4.69, 9.17) is 5.73 Å². The molecular formula is C10H11F5N2. The molecule has 0 spiro atoms. The SMILES string of the molecule is CN(CC(F)(F)F)c1c(F)cc(CN)cc1F. The minimum Gasteiger partial charge on any atom is -0.361 e. The fraction of sp³-hybridized carbons (Fsp3) is 0.400. The van der Waals surface area contributed by atoms with Crippen molar-refractivity contribution >= 4 is 5.69 Å². The summed E-state index contributed by atoms with van der Waals surface area (Å²) in [6.07, 6.45) is -4.53. The Morgan fingerprint density at radius 2 is 1.65 bits per heavy atom.